The van der Waals surface area contributed by atoms with Crippen molar-refractivity contribution >= 4 is 29.7 Å². The Morgan fingerprint density at radius 3 is 2.65 bits per heavy atom. The summed E-state index contributed by atoms with van der Waals surface area (Å²) in [5.74, 6) is 1.01. The molecule has 0 amide bonds. The second kappa shape index (κ2) is 9.32. The Kier molecular flexibility index (Phi) is 7.11. The highest BCUT2D eigenvalue weighted by Gasteiger charge is 2.26. The van der Waals surface area contributed by atoms with Gasteiger partial charge in [-0.05, 0) is 61.7 Å². The van der Waals surface area contributed by atoms with Crippen LogP contribution >= 0.6 is 23.7 Å². The van der Waals surface area contributed by atoms with E-state index in [1.165, 1.54) is 36.5 Å². The van der Waals surface area contributed by atoms with Crippen LogP contribution in [0.1, 0.15) is 36.0 Å². The highest BCUT2D eigenvalue weighted by molar-refractivity contribution is 8.00. The van der Waals surface area contributed by atoms with Crippen molar-refractivity contribution in [3.8, 4) is 5.75 Å². The van der Waals surface area contributed by atoms with E-state index in [0.29, 0.717) is 23.3 Å². The highest BCUT2D eigenvalue weighted by atomic mass is 32.2. The lowest BCUT2D eigenvalue weighted by atomic mass is 9.99. The fourth-order valence-electron chi connectivity index (χ4n) is 2.91. The standard InChI is InChI=1S/C18H26N2O4S2/c1-23-18(21)14-3-6-16(17(11-14)26-15-4-5-15)24-12-13-7-9-19(10-8-13)20(22)25-2/h3,6,11,13,15,22H,4-5,7-10,12H2,1-2H3. The summed E-state index contributed by atoms with van der Waals surface area (Å²) >= 11 is 3.09. The van der Waals surface area contributed by atoms with Crippen molar-refractivity contribution in [2.75, 3.05) is 33.1 Å². The van der Waals surface area contributed by atoms with Crippen molar-refractivity contribution < 1.29 is 19.5 Å². The van der Waals surface area contributed by atoms with Gasteiger partial charge in [-0.3, -0.25) is 5.21 Å². The SMILES string of the molecule is COC(=O)c1ccc(OCC2CCN(N(O)SC)CC2)c(SC2CC2)c1. The predicted molar refractivity (Wildman–Crippen MR) is 104 cm³/mol. The van der Waals surface area contributed by atoms with E-state index in [1.54, 1.807) is 17.8 Å². The fourth-order valence-corrected chi connectivity index (χ4v) is 4.47. The molecule has 3 rings (SSSR count). The summed E-state index contributed by atoms with van der Waals surface area (Å²) in [7, 11) is 1.40. The monoisotopic (exact) mass is 398 g/mol. The van der Waals surface area contributed by atoms with Crippen molar-refractivity contribution in [3.63, 3.8) is 0 Å². The first kappa shape index (κ1) is 19.8. The Labute approximate surface area is 163 Å². The lowest BCUT2D eigenvalue weighted by molar-refractivity contribution is -0.168. The molecule has 1 aliphatic carbocycles. The van der Waals surface area contributed by atoms with E-state index in [1.807, 2.05) is 23.4 Å². The zero-order chi connectivity index (χ0) is 18.5. The molecule has 0 unspecified atom stereocenters. The molecule has 144 valence electrons. The fraction of sp³-hybridized carbons (Fsp3) is 0.611. The number of benzene rings is 1. The molecule has 1 N–H and O–H groups in total. The molecule has 1 aromatic rings. The molecule has 2 aliphatic rings. The lowest BCUT2D eigenvalue weighted by Gasteiger charge is -2.34. The van der Waals surface area contributed by atoms with E-state index in [4.69, 9.17) is 9.47 Å². The zero-order valence-electron chi connectivity index (χ0n) is 15.2. The van der Waals surface area contributed by atoms with Crippen LogP contribution in [-0.4, -0.2) is 59.1 Å². The molecule has 0 bridgehead atoms. The number of thioether (sulfide) groups is 1. The average molecular weight is 399 g/mol. The molecule has 8 heteroatoms. The molecular weight excluding hydrogens is 372 g/mol. The number of piperidine rings is 1. The minimum atomic E-state index is -0.316. The maximum absolute atomic E-state index is 11.8. The van der Waals surface area contributed by atoms with Crippen LogP contribution in [0.15, 0.2) is 23.1 Å². The van der Waals surface area contributed by atoms with E-state index in [2.05, 4.69) is 0 Å². The van der Waals surface area contributed by atoms with Crippen molar-refractivity contribution in [2.24, 2.45) is 5.92 Å². The number of hydrogen-bond donors (Lipinski definition) is 1. The number of carbonyl (C=O) groups is 1. The third-order valence-corrected chi connectivity index (χ3v) is 6.59. The molecule has 2 fully saturated rings. The van der Waals surface area contributed by atoms with Crippen LogP contribution in [0.3, 0.4) is 0 Å². The summed E-state index contributed by atoms with van der Waals surface area (Å²) < 4.78 is 12.2. The molecule has 1 saturated carbocycles. The Balaban J connectivity index is 1.58. The van der Waals surface area contributed by atoms with Crippen molar-refractivity contribution in [2.45, 2.75) is 35.8 Å². The van der Waals surface area contributed by atoms with Gasteiger partial charge in [0, 0.05) is 24.6 Å². The molecule has 0 atom stereocenters. The Morgan fingerprint density at radius 1 is 1.31 bits per heavy atom. The molecule has 1 saturated heterocycles. The van der Waals surface area contributed by atoms with Crippen LogP contribution in [0, 0.1) is 5.92 Å². The van der Waals surface area contributed by atoms with Gasteiger partial charge in [0.05, 0.1) is 24.2 Å². The summed E-state index contributed by atoms with van der Waals surface area (Å²) in [5.41, 5.74) is 0.566. The van der Waals surface area contributed by atoms with Gasteiger partial charge in [0.1, 0.15) is 5.75 Å². The summed E-state index contributed by atoms with van der Waals surface area (Å²) in [6, 6.07) is 5.53. The minimum absolute atomic E-state index is 0.316. The molecule has 1 heterocycles. The van der Waals surface area contributed by atoms with Crippen LogP contribution in [0.5, 0.6) is 5.75 Å². The topological polar surface area (TPSA) is 62.2 Å². The van der Waals surface area contributed by atoms with Gasteiger partial charge < -0.3 is 9.47 Å². The number of methoxy groups -OCH3 is 1. The average Bonchev–Trinajstić information content (AvgIpc) is 3.50. The van der Waals surface area contributed by atoms with Crippen LogP contribution in [0.4, 0.5) is 0 Å². The van der Waals surface area contributed by atoms with Gasteiger partial charge in [-0.2, -0.15) is 0 Å². The first-order chi connectivity index (χ1) is 12.6. The smallest absolute Gasteiger partial charge is 0.337 e. The van der Waals surface area contributed by atoms with Crippen molar-refractivity contribution in [3.05, 3.63) is 23.8 Å². The van der Waals surface area contributed by atoms with Crippen LogP contribution in [0.25, 0.3) is 0 Å². The highest BCUT2D eigenvalue weighted by Crippen LogP contribution is 2.43. The van der Waals surface area contributed by atoms with E-state index in [9.17, 15) is 10.0 Å². The Hall–Kier alpha value is -0.930. The Morgan fingerprint density at radius 2 is 2.04 bits per heavy atom. The van der Waals surface area contributed by atoms with Gasteiger partial charge in [-0.25, -0.2) is 9.80 Å². The van der Waals surface area contributed by atoms with E-state index < -0.39 is 0 Å². The number of hydrazine groups is 1. The van der Waals surface area contributed by atoms with Gasteiger partial charge in [0.25, 0.3) is 0 Å². The third kappa shape index (κ3) is 5.29. The first-order valence-electron chi connectivity index (χ1n) is 8.90. The Bertz CT molecular complexity index is 619. The molecular formula is C18H26N2O4S2. The number of nitrogens with zero attached hydrogens (tertiary/aromatic N) is 2. The first-order valence-corrected chi connectivity index (χ1v) is 11.0. The number of esters is 1. The number of hydrogen-bond acceptors (Lipinski definition) is 8. The lowest BCUT2D eigenvalue weighted by Crippen LogP contribution is -2.42. The van der Waals surface area contributed by atoms with Gasteiger partial charge in [0.15, 0.2) is 0 Å². The predicted octanol–water partition coefficient (Wildman–Crippen LogP) is 3.70. The van der Waals surface area contributed by atoms with Crippen LogP contribution in [-0.2, 0) is 4.74 Å². The van der Waals surface area contributed by atoms with E-state index >= 15 is 0 Å². The third-order valence-electron chi connectivity index (χ3n) is 4.65. The van der Waals surface area contributed by atoms with Crippen molar-refractivity contribution in [1.82, 2.24) is 9.59 Å². The van der Waals surface area contributed by atoms with Gasteiger partial charge >= 0.3 is 5.97 Å². The summed E-state index contributed by atoms with van der Waals surface area (Å²) in [5, 5.41) is 12.3. The summed E-state index contributed by atoms with van der Waals surface area (Å²) in [6.07, 6.45) is 6.27. The molecule has 0 radical (unpaired) electrons. The van der Waals surface area contributed by atoms with E-state index in [0.717, 1.165) is 36.6 Å². The maximum atomic E-state index is 11.8. The largest absolute Gasteiger partial charge is 0.492 e. The molecule has 1 aliphatic heterocycles. The number of ether oxygens (including phenoxy) is 2. The number of carbonyl (C=O) groups excluding carboxylic acids is 1. The molecule has 6 nitrogen and oxygen atoms in total. The molecule has 26 heavy (non-hydrogen) atoms. The quantitative estimate of drug-likeness (QED) is 0.404. The minimum Gasteiger partial charge on any atom is -0.492 e. The van der Waals surface area contributed by atoms with Crippen molar-refractivity contribution in [1.29, 1.82) is 0 Å². The van der Waals surface area contributed by atoms with Crippen LogP contribution < -0.4 is 4.74 Å². The van der Waals surface area contributed by atoms with E-state index in [-0.39, 0.29) is 5.97 Å². The summed E-state index contributed by atoms with van der Waals surface area (Å²) in [4.78, 5) is 12.8. The zero-order valence-corrected chi connectivity index (χ0v) is 16.9. The molecule has 0 spiro atoms. The van der Waals surface area contributed by atoms with Crippen LogP contribution in [0.2, 0.25) is 0 Å². The summed E-state index contributed by atoms with van der Waals surface area (Å²) in [6.45, 7) is 2.32. The molecule has 0 aromatic heterocycles. The second-order valence-corrected chi connectivity index (χ2v) is 8.65. The second-order valence-electron chi connectivity index (χ2n) is 6.61. The van der Waals surface area contributed by atoms with Gasteiger partial charge in [-0.15, -0.1) is 11.8 Å². The van der Waals surface area contributed by atoms with Gasteiger partial charge in [-0.1, -0.05) is 4.58 Å². The van der Waals surface area contributed by atoms with Gasteiger partial charge in [0.2, 0.25) is 0 Å². The molecule has 1 aromatic carbocycles. The maximum Gasteiger partial charge on any atom is 0.337 e. The normalized spacial score (nSPS) is 18.9. The number of rotatable bonds is 8.